The highest BCUT2D eigenvalue weighted by atomic mass is 16.2. The average Bonchev–Trinajstić information content (AvgIpc) is 2.46. The van der Waals surface area contributed by atoms with Gasteiger partial charge in [0.05, 0.1) is 0 Å². The first-order valence-electron chi connectivity index (χ1n) is 6.49. The Hall–Kier alpha value is -2.21. The number of hydrogen-bond donors (Lipinski definition) is 2. The topological polar surface area (TPSA) is 92.5 Å². The van der Waals surface area contributed by atoms with E-state index in [-0.39, 0.29) is 6.54 Å². The summed E-state index contributed by atoms with van der Waals surface area (Å²) in [7, 11) is 0. The number of hydrogen-bond acceptors (Lipinski definition) is 4. The van der Waals surface area contributed by atoms with Crippen LogP contribution in [0, 0.1) is 0 Å². The normalized spacial score (nSPS) is 20.5. The van der Waals surface area contributed by atoms with Crippen LogP contribution >= 0.6 is 0 Å². The highest BCUT2D eigenvalue weighted by Gasteiger charge is 2.37. The third-order valence-corrected chi connectivity index (χ3v) is 3.35. The lowest BCUT2D eigenvalue weighted by atomic mass is 10.0. The molecule has 6 nitrogen and oxygen atoms in total. The second kappa shape index (κ2) is 5.83. The minimum atomic E-state index is -0.871. The zero-order valence-corrected chi connectivity index (χ0v) is 11.2. The summed E-state index contributed by atoms with van der Waals surface area (Å²) < 4.78 is 0. The molecule has 2 atom stereocenters. The van der Waals surface area contributed by atoms with Crippen LogP contribution in [-0.2, 0) is 14.4 Å². The Balaban J connectivity index is 2.22. The van der Waals surface area contributed by atoms with Gasteiger partial charge in [-0.3, -0.25) is 19.7 Å². The van der Waals surface area contributed by atoms with Crippen molar-refractivity contribution in [1.29, 1.82) is 0 Å². The molecule has 106 valence electrons. The van der Waals surface area contributed by atoms with Gasteiger partial charge in [-0.1, -0.05) is 37.3 Å². The highest BCUT2D eigenvalue weighted by molar-refractivity contribution is 6.04. The van der Waals surface area contributed by atoms with Crippen LogP contribution in [0.4, 0.5) is 0 Å². The van der Waals surface area contributed by atoms with Crippen molar-refractivity contribution in [3.63, 3.8) is 0 Å². The van der Waals surface area contributed by atoms with Gasteiger partial charge in [-0.15, -0.1) is 0 Å². The number of imide groups is 1. The van der Waals surface area contributed by atoms with E-state index in [4.69, 9.17) is 5.73 Å². The van der Waals surface area contributed by atoms with Crippen molar-refractivity contribution in [2.45, 2.75) is 25.4 Å². The zero-order valence-electron chi connectivity index (χ0n) is 11.2. The molecule has 1 aliphatic rings. The van der Waals surface area contributed by atoms with E-state index < -0.39 is 29.8 Å². The quantitative estimate of drug-likeness (QED) is 0.756. The lowest BCUT2D eigenvalue weighted by Crippen LogP contribution is -2.60. The second-order valence-corrected chi connectivity index (χ2v) is 4.69. The highest BCUT2D eigenvalue weighted by Crippen LogP contribution is 2.17. The Bertz CT molecular complexity index is 530. The maximum absolute atomic E-state index is 12.4. The fraction of sp³-hybridized carbons (Fsp3) is 0.357. The van der Waals surface area contributed by atoms with Gasteiger partial charge in [-0.05, 0) is 12.0 Å². The standard InChI is InChI=1S/C14H17N3O3/c1-2-10-13(19)16-11(18)8-17(10)14(20)12(15)9-6-4-3-5-7-9/h3-7,10,12H,2,8,15H2,1H3,(H,16,18,19). The van der Waals surface area contributed by atoms with Crippen molar-refractivity contribution in [2.75, 3.05) is 6.54 Å². The Kier molecular flexibility index (Phi) is 4.14. The van der Waals surface area contributed by atoms with Crippen molar-refractivity contribution < 1.29 is 14.4 Å². The van der Waals surface area contributed by atoms with E-state index in [1.807, 2.05) is 6.07 Å². The molecular formula is C14H17N3O3. The lowest BCUT2D eigenvalue weighted by molar-refractivity contribution is -0.150. The Labute approximate surface area is 116 Å². The molecule has 0 aliphatic carbocycles. The van der Waals surface area contributed by atoms with Crippen LogP contribution in [0.25, 0.3) is 0 Å². The first-order valence-corrected chi connectivity index (χ1v) is 6.49. The fourth-order valence-electron chi connectivity index (χ4n) is 2.29. The van der Waals surface area contributed by atoms with E-state index in [1.165, 1.54) is 4.90 Å². The summed E-state index contributed by atoms with van der Waals surface area (Å²) in [5.41, 5.74) is 6.60. The molecule has 0 radical (unpaired) electrons. The third-order valence-electron chi connectivity index (χ3n) is 3.35. The molecule has 0 bridgehead atoms. The summed E-state index contributed by atoms with van der Waals surface area (Å²) in [5, 5.41) is 2.23. The Morgan fingerprint density at radius 3 is 2.65 bits per heavy atom. The second-order valence-electron chi connectivity index (χ2n) is 4.69. The van der Waals surface area contributed by atoms with Crippen LogP contribution in [0.5, 0.6) is 0 Å². The maximum Gasteiger partial charge on any atom is 0.249 e. The number of nitrogens with one attached hydrogen (secondary N) is 1. The van der Waals surface area contributed by atoms with Gasteiger partial charge in [0.25, 0.3) is 0 Å². The van der Waals surface area contributed by atoms with Crippen LogP contribution in [0.2, 0.25) is 0 Å². The van der Waals surface area contributed by atoms with Gasteiger partial charge in [0.1, 0.15) is 18.6 Å². The van der Waals surface area contributed by atoms with Gasteiger partial charge in [0.2, 0.25) is 17.7 Å². The van der Waals surface area contributed by atoms with Gasteiger partial charge in [0, 0.05) is 0 Å². The molecule has 0 aromatic heterocycles. The molecule has 1 aromatic rings. The van der Waals surface area contributed by atoms with Crippen LogP contribution in [0.15, 0.2) is 30.3 Å². The van der Waals surface area contributed by atoms with Gasteiger partial charge in [-0.25, -0.2) is 0 Å². The number of rotatable bonds is 3. The van der Waals surface area contributed by atoms with Crippen molar-refractivity contribution in [3.05, 3.63) is 35.9 Å². The first-order chi connectivity index (χ1) is 9.54. The van der Waals surface area contributed by atoms with Gasteiger partial charge in [0.15, 0.2) is 0 Å². The van der Waals surface area contributed by atoms with Crippen molar-refractivity contribution in [2.24, 2.45) is 5.73 Å². The molecule has 6 heteroatoms. The average molecular weight is 275 g/mol. The van der Waals surface area contributed by atoms with Gasteiger partial charge >= 0.3 is 0 Å². The monoisotopic (exact) mass is 275 g/mol. The van der Waals surface area contributed by atoms with Crippen LogP contribution in [0.3, 0.4) is 0 Å². The van der Waals surface area contributed by atoms with Gasteiger partial charge in [-0.2, -0.15) is 0 Å². The van der Waals surface area contributed by atoms with Crippen LogP contribution in [0.1, 0.15) is 24.9 Å². The summed E-state index contributed by atoms with van der Waals surface area (Å²) in [5.74, 6) is -1.34. The summed E-state index contributed by atoms with van der Waals surface area (Å²) in [6.45, 7) is 1.65. The molecular weight excluding hydrogens is 258 g/mol. The summed E-state index contributed by atoms with van der Waals surface area (Å²) in [4.78, 5) is 36.9. The molecule has 20 heavy (non-hydrogen) atoms. The Morgan fingerprint density at radius 2 is 2.05 bits per heavy atom. The lowest BCUT2D eigenvalue weighted by Gasteiger charge is -2.35. The van der Waals surface area contributed by atoms with E-state index in [1.54, 1.807) is 31.2 Å². The van der Waals surface area contributed by atoms with E-state index >= 15 is 0 Å². The molecule has 1 fully saturated rings. The van der Waals surface area contributed by atoms with E-state index in [2.05, 4.69) is 5.32 Å². The smallest absolute Gasteiger partial charge is 0.249 e. The molecule has 0 spiro atoms. The molecule has 3 amide bonds. The number of nitrogens with two attached hydrogens (primary N) is 1. The number of benzene rings is 1. The molecule has 2 rings (SSSR count). The zero-order chi connectivity index (χ0) is 14.7. The van der Waals surface area contributed by atoms with Gasteiger partial charge < -0.3 is 10.6 Å². The summed E-state index contributed by atoms with van der Waals surface area (Å²) in [6.07, 6.45) is 0.437. The van der Waals surface area contributed by atoms with Crippen molar-refractivity contribution in [3.8, 4) is 0 Å². The predicted octanol–water partition coefficient (Wildman–Crippen LogP) is -0.0500. The fourth-order valence-corrected chi connectivity index (χ4v) is 2.29. The minimum Gasteiger partial charge on any atom is -0.320 e. The Morgan fingerprint density at radius 1 is 1.40 bits per heavy atom. The van der Waals surface area contributed by atoms with E-state index in [0.717, 1.165) is 0 Å². The number of nitrogens with zero attached hydrogens (tertiary/aromatic N) is 1. The van der Waals surface area contributed by atoms with E-state index in [9.17, 15) is 14.4 Å². The van der Waals surface area contributed by atoms with E-state index in [0.29, 0.717) is 12.0 Å². The van der Waals surface area contributed by atoms with Crippen LogP contribution < -0.4 is 11.1 Å². The largest absolute Gasteiger partial charge is 0.320 e. The predicted molar refractivity (Wildman–Crippen MR) is 72.3 cm³/mol. The minimum absolute atomic E-state index is 0.135. The molecule has 3 N–H and O–H groups in total. The third kappa shape index (κ3) is 2.70. The molecule has 1 aromatic carbocycles. The summed E-state index contributed by atoms with van der Waals surface area (Å²) in [6, 6.07) is 7.37. The molecule has 1 heterocycles. The summed E-state index contributed by atoms with van der Waals surface area (Å²) >= 11 is 0. The van der Waals surface area contributed by atoms with Crippen LogP contribution in [-0.4, -0.2) is 35.2 Å². The molecule has 2 unspecified atom stereocenters. The molecule has 1 saturated heterocycles. The molecule has 0 saturated carbocycles. The number of piperazine rings is 1. The van der Waals surface area contributed by atoms with Crippen molar-refractivity contribution in [1.82, 2.24) is 10.2 Å². The maximum atomic E-state index is 12.4. The number of carbonyl (C=O) groups excluding carboxylic acids is 3. The first kappa shape index (κ1) is 14.2. The number of amides is 3. The SMILES string of the molecule is CCC1C(=O)NC(=O)CN1C(=O)C(N)c1ccccc1. The number of carbonyl (C=O) groups is 3. The molecule has 1 aliphatic heterocycles. The van der Waals surface area contributed by atoms with Crippen molar-refractivity contribution >= 4 is 17.7 Å².